The molecule has 2 heterocycles. The molecule has 1 aromatic heterocycles. The van der Waals surface area contributed by atoms with Crippen molar-refractivity contribution in [2.24, 2.45) is 5.92 Å². The minimum atomic E-state index is 0. The van der Waals surface area contributed by atoms with Crippen molar-refractivity contribution in [3.8, 4) is 0 Å². The zero-order valence-electron chi connectivity index (χ0n) is 9.78. The fourth-order valence-corrected chi connectivity index (χ4v) is 2.25. The fraction of sp³-hybridized carbons (Fsp3) is 0.727. The van der Waals surface area contributed by atoms with Crippen LogP contribution in [0.15, 0.2) is 12.3 Å². The number of rotatable bonds is 4. The smallest absolute Gasteiger partial charge is 0.0492 e. The largest absolute Gasteiger partial charge is 0.319 e. The third-order valence-corrected chi connectivity index (χ3v) is 3.15. The summed E-state index contributed by atoms with van der Waals surface area (Å²) in [5.41, 5.74) is 1.22. The maximum Gasteiger partial charge on any atom is 0.0492 e. The highest BCUT2D eigenvalue weighted by atomic mass is 35.5. The lowest BCUT2D eigenvalue weighted by molar-refractivity contribution is 0.175. The Labute approximate surface area is 103 Å². The Morgan fingerprint density at radius 3 is 2.81 bits per heavy atom. The number of piperidine rings is 1. The van der Waals surface area contributed by atoms with E-state index in [9.17, 15) is 0 Å². The summed E-state index contributed by atoms with van der Waals surface area (Å²) < 4.78 is 0. The van der Waals surface area contributed by atoms with Gasteiger partial charge >= 0.3 is 0 Å². The third kappa shape index (κ3) is 3.77. The van der Waals surface area contributed by atoms with E-state index >= 15 is 0 Å². The van der Waals surface area contributed by atoms with E-state index in [1.807, 2.05) is 13.2 Å². The van der Waals surface area contributed by atoms with Crippen molar-refractivity contribution in [2.75, 3.05) is 26.7 Å². The molecule has 0 atom stereocenters. The first-order valence-corrected chi connectivity index (χ1v) is 5.73. The number of nitrogens with one attached hydrogen (secondary N) is 2. The van der Waals surface area contributed by atoms with E-state index < -0.39 is 0 Å². The van der Waals surface area contributed by atoms with Crippen LogP contribution in [0, 0.1) is 5.92 Å². The molecule has 0 saturated carbocycles. The molecule has 92 valence electrons. The second kappa shape index (κ2) is 6.89. The highest BCUT2D eigenvalue weighted by Crippen LogP contribution is 2.17. The first kappa shape index (κ1) is 13.5. The van der Waals surface area contributed by atoms with Crippen LogP contribution in [0.5, 0.6) is 0 Å². The van der Waals surface area contributed by atoms with Gasteiger partial charge in [0.25, 0.3) is 0 Å². The van der Waals surface area contributed by atoms with Crippen molar-refractivity contribution < 1.29 is 0 Å². The number of halogens is 1. The predicted octanol–water partition coefficient (Wildman–Crippen LogP) is 1.26. The molecule has 0 bridgehead atoms. The van der Waals surface area contributed by atoms with Gasteiger partial charge in [0.05, 0.1) is 0 Å². The Hall–Kier alpha value is -0.580. The summed E-state index contributed by atoms with van der Waals surface area (Å²) >= 11 is 0. The highest BCUT2D eigenvalue weighted by Gasteiger charge is 2.18. The number of H-pyrrole nitrogens is 1. The Bertz CT molecular complexity index is 268. The lowest BCUT2D eigenvalue weighted by Gasteiger charge is -2.31. The van der Waals surface area contributed by atoms with E-state index in [1.165, 1.54) is 31.6 Å². The van der Waals surface area contributed by atoms with Crippen molar-refractivity contribution in [1.82, 2.24) is 20.4 Å². The van der Waals surface area contributed by atoms with Crippen molar-refractivity contribution >= 4 is 12.4 Å². The standard InChI is InChI=1S/C11H20N4.ClH/c1-12-8-10-3-6-15(7-4-10)9-11-2-5-13-14-11;/h2,5,10,12H,3-4,6-9H2,1H3,(H,13,14);1H. The molecule has 0 amide bonds. The van der Waals surface area contributed by atoms with Gasteiger partial charge in [-0.2, -0.15) is 5.10 Å². The second-order valence-electron chi connectivity index (χ2n) is 4.36. The molecule has 1 aliphatic heterocycles. The SMILES string of the molecule is CNCC1CCN(Cc2ccn[nH]2)CC1.Cl. The van der Waals surface area contributed by atoms with Crippen LogP contribution >= 0.6 is 12.4 Å². The van der Waals surface area contributed by atoms with E-state index in [0.29, 0.717) is 0 Å². The van der Waals surface area contributed by atoms with E-state index in [0.717, 1.165) is 19.0 Å². The van der Waals surface area contributed by atoms with Crippen molar-refractivity contribution in [2.45, 2.75) is 19.4 Å². The summed E-state index contributed by atoms with van der Waals surface area (Å²) in [5, 5.41) is 10.3. The molecule has 5 heteroatoms. The molecule has 1 aliphatic rings. The number of likely N-dealkylation sites (tertiary alicyclic amines) is 1. The Balaban J connectivity index is 0.00000128. The molecule has 1 saturated heterocycles. The maximum absolute atomic E-state index is 3.97. The van der Waals surface area contributed by atoms with Gasteiger partial charge in [0.15, 0.2) is 0 Å². The highest BCUT2D eigenvalue weighted by molar-refractivity contribution is 5.85. The average molecular weight is 245 g/mol. The molecule has 4 nitrogen and oxygen atoms in total. The van der Waals surface area contributed by atoms with Crippen LogP contribution in [0.4, 0.5) is 0 Å². The minimum Gasteiger partial charge on any atom is -0.319 e. The van der Waals surface area contributed by atoms with Gasteiger partial charge in [-0.1, -0.05) is 0 Å². The Morgan fingerprint density at radius 2 is 2.25 bits per heavy atom. The van der Waals surface area contributed by atoms with Crippen molar-refractivity contribution in [1.29, 1.82) is 0 Å². The molecular formula is C11H21ClN4. The summed E-state index contributed by atoms with van der Waals surface area (Å²) in [5.74, 6) is 0.869. The summed E-state index contributed by atoms with van der Waals surface area (Å²) in [6.45, 7) is 4.61. The van der Waals surface area contributed by atoms with E-state index in [4.69, 9.17) is 0 Å². The fourth-order valence-electron chi connectivity index (χ4n) is 2.25. The predicted molar refractivity (Wildman–Crippen MR) is 67.8 cm³/mol. The van der Waals surface area contributed by atoms with Gasteiger partial charge < -0.3 is 5.32 Å². The van der Waals surface area contributed by atoms with Gasteiger partial charge in [-0.3, -0.25) is 10.00 Å². The van der Waals surface area contributed by atoms with Crippen LogP contribution in [0.25, 0.3) is 0 Å². The Kier molecular flexibility index (Phi) is 5.80. The van der Waals surface area contributed by atoms with Crippen LogP contribution in [0.2, 0.25) is 0 Å². The lowest BCUT2D eigenvalue weighted by atomic mass is 9.97. The van der Waals surface area contributed by atoms with Crippen LogP contribution in [-0.4, -0.2) is 41.8 Å². The maximum atomic E-state index is 3.97. The quantitative estimate of drug-likeness (QED) is 0.838. The van der Waals surface area contributed by atoms with Crippen LogP contribution in [0.3, 0.4) is 0 Å². The topological polar surface area (TPSA) is 44.0 Å². The number of aromatic nitrogens is 2. The number of aromatic amines is 1. The summed E-state index contributed by atoms with van der Waals surface area (Å²) in [6.07, 6.45) is 4.45. The van der Waals surface area contributed by atoms with Gasteiger partial charge in [0.2, 0.25) is 0 Å². The second-order valence-corrected chi connectivity index (χ2v) is 4.36. The molecule has 1 fully saturated rings. The molecule has 0 spiro atoms. The molecule has 0 aromatic carbocycles. The van der Waals surface area contributed by atoms with Gasteiger partial charge in [0, 0.05) is 18.4 Å². The summed E-state index contributed by atoms with van der Waals surface area (Å²) in [6, 6.07) is 2.06. The van der Waals surface area contributed by atoms with Crippen LogP contribution in [-0.2, 0) is 6.54 Å². The van der Waals surface area contributed by atoms with Crippen molar-refractivity contribution in [3.63, 3.8) is 0 Å². The molecule has 2 rings (SSSR count). The number of hydrogen-bond donors (Lipinski definition) is 2. The zero-order chi connectivity index (χ0) is 10.5. The molecular weight excluding hydrogens is 224 g/mol. The van der Waals surface area contributed by atoms with Crippen molar-refractivity contribution in [3.05, 3.63) is 18.0 Å². The monoisotopic (exact) mass is 244 g/mol. The first-order chi connectivity index (χ1) is 7.38. The number of nitrogens with zero attached hydrogens (tertiary/aromatic N) is 2. The van der Waals surface area contributed by atoms with E-state index in [-0.39, 0.29) is 12.4 Å². The molecule has 16 heavy (non-hydrogen) atoms. The number of hydrogen-bond acceptors (Lipinski definition) is 3. The normalized spacial score (nSPS) is 18.3. The van der Waals surface area contributed by atoms with Gasteiger partial charge in [-0.25, -0.2) is 0 Å². The average Bonchev–Trinajstić information content (AvgIpc) is 2.74. The summed E-state index contributed by atoms with van der Waals surface area (Å²) in [4.78, 5) is 2.50. The van der Waals surface area contributed by atoms with E-state index in [2.05, 4.69) is 26.5 Å². The summed E-state index contributed by atoms with van der Waals surface area (Å²) in [7, 11) is 2.04. The first-order valence-electron chi connectivity index (χ1n) is 5.73. The lowest BCUT2D eigenvalue weighted by Crippen LogP contribution is -2.36. The molecule has 0 unspecified atom stereocenters. The molecule has 1 aromatic rings. The Morgan fingerprint density at radius 1 is 1.50 bits per heavy atom. The van der Waals surface area contributed by atoms with Crippen LogP contribution < -0.4 is 5.32 Å². The zero-order valence-corrected chi connectivity index (χ0v) is 10.6. The minimum absolute atomic E-state index is 0. The molecule has 2 N–H and O–H groups in total. The molecule has 0 radical (unpaired) electrons. The van der Waals surface area contributed by atoms with Gasteiger partial charge in [0.1, 0.15) is 0 Å². The van der Waals surface area contributed by atoms with E-state index in [1.54, 1.807) is 0 Å². The third-order valence-electron chi connectivity index (χ3n) is 3.15. The van der Waals surface area contributed by atoms with Gasteiger partial charge in [-0.15, -0.1) is 12.4 Å². The molecule has 0 aliphatic carbocycles. The van der Waals surface area contributed by atoms with Crippen LogP contribution in [0.1, 0.15) is 18.5 Å². The van der Waals surface area contributed by atoms with Gasteiger partial charge in [-0.05, 0) is 51.5 Å².